The highest BCUT2D eigenvalue weighted by Gasteiger charge is 2.37. The number of carbonyl (C=O) groups excluding carboxylic acids is 2. The fourth-order valence-corrected chi connectivity index (χ4v) is 4.36. The largest absolute Gasteiger partial charge is 0.496 e. The normalized spacial score (nSPS) is 15.4. The molecule has 1 aliphatic rings. The average Bonchev–Trinajstić information content (AvgIpc) is 2.78. The molecule has 2 amide bonds. The quantitative estimate of drug-likeness (QED) is 0.542. The summed E-state index contributed by atoms with van der Waals surface area (Å²) in [5.41, 5.74) is 2.12. The van der Waals surface area contributed by atoms with Gasteiger partial charge in [0, 0.05) is 56.7 Å². The first-order valence-corrected chi connectivity index (χ1v) is 11.7. The predicted molar refractivity (Wildman–Crippen MR) is 123 cm³/mol. The van der Waals surface area contributed by atoms with Gasteiger partial charge in [-0.15, -0.1) is 0 Å². The van der Waals surface area contributed by atoms with E-state index in [1.54, 1.807) is 7.11 Å². The Hall–Kier alpha value is -2.08. The minimum atomic E-state index is -0.194. The van der Waals surface area contributed by atoms with E-state index in [1.165, 1.54) is 5.56 Å². The van der Waals surface area contributed by atoms with E-state index in [9.17, 15) is 9.59 Å². The Morgan fingerprint density at radius 1 is 1.13 bits per heavy atom. The summed E-state index contributed by atoms with van der Waals surface area (Å²) in [4.78, 5) is 26.9. The summed E-state index contributed by atoms with van der Waals surface area (Å²) in [6.45, 7) is 9.73. The molecule has 174 valence electrons. The number of aryl methyl sites for hydroxylation is 1. The molecular weight excluding hydrogens is 392 g/mol. The van der Waals surface area contributed by atoms with E-state index >= 15 is 0 Å². The second-order valence-corrected chi connectivity index (χ2v) is 8.61. The van der Waals surface area contributed by atoms with Crippen LogP contribution in [0.1, 0.15) is 69.9 Å². The van der Waals surface area contributed by atoms with Crippen LogP contribution in [0.3, 0.4) is 0 Å². The number of rotatable bonds is 12. The standard InChI is InChI=1S/C25H40N2O4/c1-5-14-27(15-6-2)24(29)9-7-8-23(28)26-19-25(12-16-31-17-13-25)21-18-20(3)10-11-22(21)30-4/h10-11,18H,5-9,12-17,19H2,1-4H3,(H,26,28). The van der Waals surface area contributed by atoms with Crippen molar-refractivity contribution in [3.05, 3.63) is 29.3 Å². The fraction of sp³-hybridized carbons (Fsp3) is 0.680. The van der Waals surface area contributed by atoms with Crippen LogP contribution in [0, 0.1) is 6.92 Å². The van der Waals surface area contributed by atoms with Crippen LogP contribution in [0.25, 0.3) is 0 Å². The van der Waals surface area contributed by atoms with Crippen molar-refractivity contribution < 1.29 is 19.1 Å². The van der Waals surface area contributed by atoms with Gasteiger partial charge in [-0.2, -0.15) is 0 Å². The first-order chi connectivity index (χ1) is 15.0. The smallest absolute Gasteiger partial charge is 0.222 e. The summed E-state index contributed by atoms with van der Waals surface area (Å²) < 4.78 is 11.3. The summed E-state index contributed by atoms with van der Waals surface area (Å²) in [5, 5.41) is 3.14. The Kier molecular flexibility index (Phi) is 10.3. The predicted octanol–water partition coefficient (Wildman–Crippen LogP) is 3.99. The maximum absolute atomic E-state index is 12.6. The highest BCUT2D eigenvalue weighted by molar-refractivity contribution is 5.79. The van der Waals surface area contributed by atoms with E-state index in [1.807, 2.05) is 17.0 Å². The van der Waals surface area contributed by atoms with Crippen molar-refractivity contribution in [2.24, 2.45) is 0 Å². The number of nitrogens with one attached hydrogen (secondary N) is 1. The first kappa shape index (κ1) is 25.2. The zero-order valence-electron chi connectivity index (χ0n) is 19.8. The zero-order valence-corrected chi connectivity index (χ0v) is 19.8. The van der Waals surface area contributed by atoms with Crippen LogP contribution in [0.4, 0.5) is 0 Å². The molecule has 0 saturated carbocycles. The lowest BCUT2D eigenvalue weighted by atomic mass is 9.73. The van der Waals surface area contributed by atoms with Gasteiger partial charge in [-0.3, -0.25) is 9.59 Å². The third kappa shape index (κ3) is 7.23. The van der Waals surface area contributed by atoms with Gasteiger partial charge in [0.15, 0.2) is 0 Å². The van der Waals surface area contributed by atoms with E-state index < -0.39 is 0 Å². The Labute approximate surface area is 187 Å². The molecule has 6 heteroatoms. The van der Waals surface area contributed by atoms with Crippen molar-refractivity contribution in [1.29, 1.82) is 0 Å². The van der Waals surface area contributed by atoms with Crippen molar-refractivity contribution in [3.8, 4) is 5.75 Å². The average molecular weight is 433 g/mol. The van der Waals surface area contributed by atoms with E-state index in [0.717, 1.165) is 50.1 Å². The molecule has 1 fully saturated rings. The SMILES string of the molecule is CCCN(CCC)C(=O)CCCC(=O)NCC1(c2cc(C)ccc2OC)CCOCC1. The maximum Gasteiger partial charge on any atom is 0.222 e. The van der Waals surface area contributed by atoms with Crippen LogP contribution in [0.15, 0.2) is 18.2 Å². The number of hydrogen-bond donors (Lipinski definition) is 1. The molecule has 1 aromatic rings. The lowest BCUT2D eigenvalue weighted by Gasteiger charge is -2.39. The molecule has 1 N–H and O–H groups in total. The highest BCUT2D eigenvalue weighted by Crippen LogP contribution is 2.40. The van der Waals surface area contributed by atoms with Gasteiger partial charge in [0.2, 0.25) is 11.8 Å². The summed E-state index contributed by atoms with van der Waals surface area (Å²) in [6.07, 6.45) is 4.98. The van der Waals surface area contributed by atoms with Gasteiger partial charge in [0.1, 0.15) is 5.75 Å². The first-order valence-electron chi connectivity index (χ1n) is 11.7. The molecule has 0 aromatic heterocycles. The number of amides is 2. The van der Waals surface area contributed by atoms with Crippen LogP contribution in [0.2, 0.25) is 0 Å². The summed E-state index contributed by atoms with van der Waals surface area (Å²) in [5.74, 6) is 1.02. The molecule has 0 atom stereocenters. The van der Waals surface area contributed by atoms with Crippen LogP contribution >= 0.6 is 0 Å². The number of nitrogens with zero attached hydrogens (tertiary/aromatic N) is 1. The number of benzene rings is 1. The van der Waals surface area contributed by atoms with Gasteiger partial charge in [0.05, 0.1) is 7.11 Å². The molecule has 0 bridgehead atoms. The van der Waals surface area contributed by atoms with Gasteiger partial charge in [-0.05, 0) is 45.1 Å². The molecule has 6 nitrogen and oxygen atoms in total. The maximum atomic E-state index is 12.6. The monoisotopic (exact) mass is 432 g/mol. The summed E-state index contributed by atoms with van der Waals surface area (Å²) >= 11 is 0. The number of hydrogen-bond acceptors (Lipinski definition) is 4. The summed E-state index contributed by atoms with van der Waals surface area (Å²) in [7, 11) is 1.69. The van der Waals surface area contributed by atoms with Crippen LogP contribution in [0.5, 0.6) is 5.75 Å². The molecule has 0 radical (unpaired) electrons. The molecule has 2 rings (SSSR count). The van der Waals surface area contributed by atoms with E-state index in [2.05, 4.69) is 32.2 Å². The van der Waals surface area contributed by atoms with Crippen LogP contribution in [-0.2, 0) is 19.7 Å². The van der Waals surface area contributed by atoms with Crippen molar-refractivity contribution >= 4 is 11.8 Å². The molecule has 1 heterocycles. The zero-order chi connectivity index (χ0) is 22.7. The number of carbonyl (C=O) groups is 2. The minimum absolute atomic E-state index is 0.00261. The van der Waals surface area contributed by atoms with E-state index in [4.69, 9.17) is 9.47 Å². The van der Waals surface area contributed by atoms with Gasteiger partial charge >= 0.3 is 0 Å². The van der Waals surface area contributed by atoms with Crippen molar-refractivity contribution in [2.75, 3.05) is 40.0 Å². The van der Waals surface area contributed by atoms with Crippen LogP contribution < -0.4 is 10.1 Å². The molecule has 0 unspecified atom stereocenters. The Morgan fingerprint density at radius 3 is 2.42 bits per heavy atom. The second-order valence-electron chi connectivity index (χ2n) is 8.61. The molecule has 0 aliphatic carbocycles. The highest BCUT2D eigenvalue weighted by atomic mass is 16.5. The number of methoxy groups -OCH3 is 1. The van der Waals surface area contributed by atoms with E-state index in [0.29, 0.717) is 39.0 Å². The number of ether oxygens (including phenoxy) is 2. The van der Waals surface area contributed by atoms with Crippen LogP contribution in [-0.4, -0.2) is 56.7 Å². The second kappa shape index (κ2) is 12.7. The van der Waals surface area contributed by atoms with Crippen molar-refractivity contribution in [3.63, 3.8) is 0 Å². The lowest BCUT2D eigenvalue weighted by molar-refractivity contribution is -0.131. The molecule has 0 spiro atoms. The molecule has 31 heavy (non-hydrogen) atoms. The van der Waals surface area contributed by atoms with Crippen molar-refractivity contribution in [2.45, 2.75) is 71.1 Å². The summed E-state index contributed by atoms with van der Waals surface area (Å²) in [6, 6.07) is 6.23. The Morgan fingerprint density at radius 2 is 1.81 bits per heavy atom. The van der Waals surface area contributed by atoms with Gasteiger partial charge in [-0.1, -0.05) is 31.5 Å². The molecule has 1 aromatic carbocycles. The van der Waals surface area contributed by atoms with Gasteiger partial charge in [0.25, 0.3) is 0 Å². The molecular formula is C25H40N2O4. The lowest BCUT2D eigenvalue weighted by Crippen LogP contribution is -2.44. The third-order valence-electron chi connectivity index (χ3n) is 6.13. The van der Waals surface area contributed by atoms with E-state index in [-0.39, 0.29) is 17.2 Å². The molecule has 1 aliphatic heterocycles. The third-order valence-corrected chi connectivity index (χ3v) is 6.13. The van der Waals surface area contributed by atoms with Gasteiger partial charge < -0.3 is 19.7 Å². The van der Waals surface area contributed by atoms with Crippen molar-refractivity contribution in [1.82, 2.24) is 10.2 Å². The topological polar surface area (TPSA) is 67.9 Å². The minimum Gasteiger partial charge on any atom is -0.496 e. The fourth-order valence-electron chi connectivity index (χ4n) is 4.36. The Balaban J connectivity index is 1.95. The van der Waals surface area contributed by atoms with Gasteiger partial charge in [-0.25, -0.2) is 0 Å². The Bertz CT molecular complexity index is 707. The molecule has 1 saturated heterocycles.